The third-order valence-corrected chi connectivity index (χ3v) is 7.37. The monoisotopic (exact) mass is 454 g/mol. The minimum Gasteiger partial charge on any atom is -0.481 e. The molecule has 3 rings (SSSR count). The Balaban J connectivity index is 1.90. The summed E-state index contributed by atoms with van der Waals surface area (Å²) in [5, 5.41) is 11.8. The summed E-state index contributed by atoms with van der Waals surface area (Å²) >= 11 is 5.91. The highest BCUT2D eigenvalue weighted by Gasteiger charge is 2.35. The molecule has 6 nitrogen and oxygen atoms in total. The van der Waals surface area contributed by atoms with E-state index >= 15 is 0 Å². The van der Waals surface area contributed by atoms with Gasteiger partial charge in [0.1, 0.15) is 5.82 Å². The number of hydrogen-bond acceptors (Lipinski definition) is 4. The maximum Gasteiger partial charge on any atom is 0.303 e. The predicted octanol–water partition coefficient (Wildman–Crippen LogP) is 4.33. The second kappa shape index (κ2) is 9.32. The van der Waals surface area contributed by atoms with Crippen molar-refractivity contribution in [2.45, 2.75) is 43.0 Å². The lowest BCUT2D eigenvalue weighted by Gasteiger charge is -2.22. The molecule has 0 saturated carbocycles. The number of hydrogen-bond donors (Lipinski definition) is 2. The summed E-state index contributed by atoms with van der Waals surface area (Å²) < 4.78 is 41.8. The first-order valence-electron chi connectivity index (χ1n) is 9.75. The summed E-state index contributed by atoms with van der Waals surface area (Å²) in [6, 6.07) is 8.96. The van der Waals surface area contributed by atoms with E-state index in [2.05, 4.69) is 5.32 Å². The number of carbonyl (C=O) groups is 1. The summed E-state index contributed by atoms with van der Waals surface area (Å²) in [5.41, 5.74) is 1.57. The Hall–Kier alpha value is -2.16. The van der Waals surface area contributed by atoms with Crippen LogP contribution in [0.15, 0.2) is 41.3 Å². The Bertz CT molecular complexity index is 1050. The first-order chi connectivity index (χ1) is 14.2. The Morgan fingerprint density at radius 3 is 2.60 bits per heavy atom. The molecule has 0 bridgehead atoms. The lowest BCUT2D eigenvalue weighted by atomic mass is 9.96. The van der Waals surface area contributed by atoms with Crippen LogP contribution in [0.2, 0.25) is 5.02 Å². The molecule has 30 heavy (non-hydrogen) atoms. The lowest BCUT2D eigenvalue weighted by molar-refractivity contribution is -0.137. The molecule has 162 valence electrons. The molecule has 9 heteroatoms. The maximum atomic E-state index is 14.3. The van der Waals surface area contributed by atoms with Crippen LogP contribution in [0.1, 0.15) is 49.3 Å². The van der Waals surface area contributed by atoms with Crippen molar-refractivity contribution in [1.29, 1.82) is 0 Å². The van der Waals surface area contributed by atoms with Crippen molar-refractivity contribution >= 4 is 33.3 Å². The van der Waals surface area contributed by atoms with Gasteiger partial charge in [0.05, 0.1) is 21.6 Å². The van der Waals surface area contributed by atoms with Crippen LogP contribution >= 0.6 is 11.6 Å². The Morgan fingerprint density at radius 1 is 1.17 bits per heavy atom. The average Bonchev–Trinajstić information content (AvgIpc) is 2.76. The minimum atomic E-state index is -3.91. The number of rotatable bonds is 8. The molecular weight excluding hydrogens is 431 g/mol. The smallest absolute Gasteiger partial charge is 0.303 e. The molecule has 0 saturated heterocycles. The zero-order valence-electron chi connectivity index (χ0n) is 16.6. The predicted molar refractivity (Wildman–Crippen MR) is 114 cm³/mol. The van der Waals surface area contributed by atoms with Gasteiger partial charge in [0, 0.05) is 13.5 Å². The van der Waals surface area contributed by atoms with Crippen LogP contribution < -0.4 is 9.62 Å². The van der Waals surface area contributed by atoms with Crippen molar-refractivity contribution in [3.63, 3.8) is 0 Å². The van der Waals surface area contributed by atoms with Crippen LogP contribution in [0.3, 0.4) is 0 Å². The van der Waals surface area contributed by atoms with E-state index in [0.29, 0.717) is 24.2 Å². The second-order valence-corrected chi connectivity index (χ2v) is 9.63. The number of aliphatic carboxylic acids is 1. The maximum absolute atomic E-state index is 14.3. The van der Waals surface area contributed by atoms with Gasteiger partial charge in [-0.3, -0.25) is 9.10 Å². The largest absolute Gasteiger partial charge is 0.481 e. The summed E-state index contributed by atoms with van der Waals surface area (Å²) in [7, 11) is -2.43. The standard InChI is InChI=1S/C21H24ClFN2O4S/c1-25-18-9-6-5-8-14(18)21(24-11-7-3-2-4-10-20(26)27)15-12-17(23)16(22)13-19(15)30(25,28)29/h5-6,8-9,12-13,21,24H,2-4,7,10-11H2,1H3,(H,26,27). The Kier molecular flexibility index (Phi) is 7.00. The van der Waals surface area contributed by atoms with E-state index in [1.807, 2.05) is 12.1 Å². The number of benzene rings is 2. The zero-order chi connectivity index (χ0) is 21.9. The van der Waals surface area contributed by atoms with Crippen molar-refractivity contribution in [3.8, 4) is 0 Å². The van der Waals surface area contributed by atoms with Gasteiger partial charge in [-0.2, -0.15) is 0 Å². The van der Waals surface area contributed by atoms with Gasteiger partial charge in [0.25, 0.3) is 10.0 Å². The molecule has 1 aliphatic heterocycles. The topological polar surface area (TPSA) is 86.7 Å². The quantitative estimate of drug-likeness (QED) is 0.580. The lowest BCUT2D eigenvalue weighted by Crippen LogP contribution is -2.26. The van der Waals surface area contributed by atoms with Crippen molar-refractivity contribution in [2.24, 2.45) is 0 Å². The highest BCUT2D eigenvalue weighted by Crippen LogP contribution is 2.41. The summed E-state index contributed by atoms with van der Waals surface area (Å²) in [6.45, 7) is 0.569. The van der Waals surface area contributed by atoms with Gasteiger partial charge in [0.15, 0.2) is 0 Å². The number of halogens is 2. The van der Waals surface area contributed by atoms with Crippen molar-refractivity contribution < 1.29 is 22.7 Å². The first-order valence-corrected chi connectivity index (χ1v) is 11.6. The van der Waals surface area contributed by atoms with Gasteiger partial charge < -0.3 is 10.4 Å². The molecule has 0 radical (unpaired) electrons. The first kappa shape index (κ1) is 22.5. The Morgan fingerprint density at radius 2 is 1.87 bits per heavy atom. The summed E-state index contributed by atoms with van der Waals surface area (Å²) in [4.78, 5) is 10.6. The number of nitrogens with zero attached hydrogens (tertiary/aromatic N) is 1. The van der Waals surface area contributed by atoms with Crippen LogP contribution in [0.25, 0.3) is 0 Å². The number of carboxylic acids is 1. The molecule has 0 amide bonds. The van der Waals surface area contributed by atoms with E-state index < -0.39 is 27.9 Å². The highest BCUT2D eigenvalue weighted by atomic mass is 35.5. The van der Waals surface area contributed by atoms with Crippen LogP contribution in [-0.4, -0.2) is 33.1 Å². The molecule has 2 N–H and O–H groups in total. The van der Waals surface area contributed by atoms with E-state index in [4.69, 9.17) is 16.7 Å². The molecular formula is C21H24ClFN2O4S. The number of fused-ring (bicyclic) bond motifs is 2. The molecule has 1 atom stereocenters. The van der Waals surface area contributed by atoms with Crippen LogP contribution in [0.5, 0.6) is 0 Å². The molecule has 1 unspecified atom stereocenters. The number of para-hydroxylation sites is 1. The van der Waals surface area contributed by atoms with Gasteiger partial charge >= 0.3 is 5.97 Å². The molecule has 2 aromatic carbocycles. The van der Waals surface area contributed by atoms with Crippen LogP contribution in [0, 0.1) is 5.82 Å². The highest BCUT2D eigenvalue weighted by molar-refractivity contribution is 7.92. The van der Waals surface area contributed by atoms with Gasteiger partial charge in [-0.1, -0.05) is 42.6 Å². The number of carboxylic acid groups (broad SMARTS) is 1. The van der Waals surface area contributed by atoms with E-state index in [-0.39, 0.29) is 16.3 Å². The second-order valence-electron chi connectivity index (χ2n) is 7.28. The average molecular weight is 455 g/mol. The minimum absolute atomic E-state index is 0.0217. The fourth-order valence-electron chi connectivity index (χ4n) is 3.68. The number of anilines is 1. The van der Waals surface area contributed by atoms with Gasteiger partial charge in [-0.15, -0.1) is 0 Å². The molecule has 0 fully saturated rings. The van der Waals surface area contributed by atoms with Gasteiger partial charge in [0.2, 0.25) is 0 Å². The summed E-state index contributed by atoms with van der Waals surface area (Å²) in [5.74, 6) is -1.47. The van der Waals surface area contributed by atoms with E-state index in [1.165, 1.54) is 23.5 Å². The van der Waals surface area contributed by atoms with Gasteiger partial charge in [-0.05, 0) is 48.7 Å². The molecule has 1 aliphatic rings. The van der Waals surface area contributed by atoms with Crippen molar-refractivity contribution in [1.82, 2.24) is 5.32 Å². The van der Waals surface area contributed by atoms with Gasteiger partial charge in [-0.25, -0.2) is 12.8 Å². The molecule has 0 aliphatic carbocycles. The summed E-state index contributed by atoms with van der Waals surface area (Å²) in [6.07, 6.45) is 3.20. The molecule has 1 heterocycles. The molecule has 2 aromatic rings. The number of sulfonamides is 1. The van der Waals surface area contributed by atoms with Crippen LogP contribution in [-0.2, 0) is 14.8 Å². The van der Waals surface area contributed by atoms with E-state index in [9.17, 15) is 17.6 Å². The normalized spacial score (nSPS) is 17.2. The fraction of sp³-hybridized carbons (Fsp3) is 0.381. The SMILES string of the molecule is CN1c2ccccc2C(NCCCCCCC(=O)O)c2cc(F)c(Cl)cc2S1(=O)=O. The Labute approximate surface area is 180 Å². The third-order valence-electron chi connectivity index (χ3n) is 5.26. The molecule has 0 aromatic heterocycles. The fourth-order valence-corrected chi connectivity index (χ4v) is 5.37. The van der Waals surface area contributed by atoms with E-state index in [1.54, 1.807) is 12.1 Å². The molecule has 0 spiro atoms. The van der Waals surface area contributed by atoms with Crippen molar-refractivity contribution in [3.05, 3.63) is 58.4 Å². The number of nitrogens with one attached hydrogen (secondary N) is 1. The van der Waals surface area contributed by atoms with Crippen molar-refractivity contribution in [2.75, 3.05) is 17.9 Å². The third kappa shape index (κ3) is 4.61. The number of unbranched alkanes of at least 4 members (excludes halogenated alkanes) is 3. The van der Waals surface area contributed by atoms with Crippen LogP contribution in [0.4, 0.5) is 10.1 Å². The van der Waals surface area contributed by atoms with E-state index in [0.717, 1.165) is 24.8 Å². The zero-order valence-corrected chi connectivity index (χ0v) is 18.1.